The van der Waals surface area contributed by atoms with Crippen LogP contribution in [0.5, 0.6) is 0 Å². The van der Waals surface area contributed by atoms with Crippen molar-refractivity contribution in [2.45, 2.75) is 11.3 Å². The smallest absolute Gasteiger partial charge is 0.269 e. The lowest BCUT2D eigenvalue weighted by Crippen LogP contribution is -2.41. The van der Waals surface area contributed by atoms with Gasteiger partial charge in [0.25, 0.3) is 5.91 Å². The summed E-state index contributed by atoms with van der Waals surface area (Å²) in [7, 11) is 3.77. The van der Waals surface area contributed by atoms with Gasteiger partial charge in [0.1, 0.15) is 5.82 Å². The Kier molecular flexibility index (Phi) is 6.82. The molecule has 0 aliphatic carbocycles. The summed E-state index contributed by atoms with van der Waals surface area (Å²) >= 11 is 1.45. The van der Waals surface area contributed by atoms with E-state index >= 15 is 0 Å². The van der Waals surface area contributed by atoms with Crippen molar-refractivity contribution in [1.29, 1.82) is 0 Å². The Morgan fingerprint density at radius 1 is 1.08 bits per heavy atom. The molecule has 2 N–H and O–H groups in total. The van der Waals surface area contributed by atoms with Gasteiger partial charge in [-0.15, -0.1) is 11.8 Å². The maximum atomic E-state index is 12.8. The molecule has 0 saturated carbocycles. The number of anilines is 1. The molecule has 0 aliphatic rings. The van der Waals surface area contributed by atoms with Crippen LogP contribution in [0.25, 0.3) is 0 Å². The van der Waals surface area contributed by atoms with Crippen molar-refractivity contribution < 1.29 is 14.0 Å². The molecule has 0 atom stereocenters. The zero-order valence-corrected chi connectivity index (χ0v) is 14.9. The van der Waals surface area contributed by atoms with Crippen LogP contribution < -0.4 is 15.8 Å². The van der Waals surface area contributed by atoms with E-state index in [2.05, 4.69) is 10.9 Å². The first kappa shape index (κ1) is 18.8. The van der Waals surface area contributed by atoms with Crippen molar-refractivity contribution in [2.75, 3.05) is 24.7 Å². The van der Waals surface area contributed by atoms with Crippen LogP contribution in [0, 0.1) is 5.82 Å². The van der Waals surface area contributed by atoms with Crippen LogP contribution in [0.1, 0.15) is 16.8 Å². The minimum absolute atomic E-state index is 0.236. The Labute approximate surface area is 150 Å². The van der Waals surface area contributed by atoms with E-state index in [4.69, 9.17) is 0 Å². The van der Waals surface area contributed by atoms with Crippen LogP contribution in [0.2, 0.25) is 0 Å². The molecule has 0 fully saturated rings. The van der Waals surface area contributed by atoms with Gasteiger partial charge in [-0.05, 0) is 42.5 Å². The molecule has 0 aliphatic heterocycles. The number of hydrogen-bond donors (Lipinski definition) is 2. The fourth-order valence-electron chi connectivity index (χ4n) is 1.98. The monoisotopic (exact) mass is 361 g/mol. The van der Waals surface area contributed by atoms with Crippen LogP contribution in [0.3, 0.4) is 0 Å². The van der Waals surface area contributed by atoms with E-state index in [1.165, 1.54) is 23.9 Å². The topological polar surface area (TPSA) is 61.4 Å². The van der Waals surface area contributed by atoms with Crippen molar-refractivity contribution in [3.8, 4) is 0 Å². The molecular formula is C18H20FN3O2S. The summed E-state index contributed by atoms with van der Waals surface area (Å²) in [4.78, 5) is 26.6. The summed E-state index contributed by atoms with van der Waals surface area (Å²) in [5, 5.41) is 0. The molecule has 2 rings (SSSR count). The number of nitrogens with zero attached hydrogens (tertiary/aromatic N) is 1. The van der Waals surface area contributed by atoms with Gasteiger partial charge in [-0.1, -0.05) is 6.07 Å². The second-order valence-corrected chi connectivity index (χ2v) is 6.67. The largest absolute Gasteiger partial charge is 0.378 e. The first-order valence-electron chi connectivity index (χ1n) is 7.70. The number of rotatable bonds is 6. The molecule has 0 unspecified atom stereocenters. The number of carbonyl (C=O) groups excluding carboxylic acids is 2. The Morgan fingerprint density at radius 2 is 1.80 bits per heavy atom. The second kappa shape index (κ2) is 9.08. The number of hydrazine groups is 1. The maximum absolute atomic E-state index is 12.8. The lowest BCUT2D eigenvalue weighted by atomic mass is 10.2. The molecule has 7 heteroatoms. The minimum Gasteiger partial charge on any atom is -0.378 e. The van der Waals surface area contributed by atoms with Crippen molar-refractivity contribution in [3.63, 3.8) is 0 Å². The molecule has 2 aromatic rings. The Balaban J connectivity index is 1.74. The summed E-state index contributed by atoms with van der Waals surface area (Å²) < 4.78 is 12.8. The predicted molar refractivity (Wildman–Crippen MR) is 98.1 cm³/mol. The molecule has 0 aromatic heterocycles. The first-order valence-corrected chi connectivity index (χ1v) is 8.69. The summed E-state index contributed by atoms with van der Waals surface area (Å²) in [6.07, 6.45) is 0.236. The van der Waals surface area contributed by atoms with E-state index < -0.39 is 0 Å². The lowest BCUT2D eigenvalue weighted by molar-refractivity contribution is -0.121. The molecule has 0 bridgehead atoms. The van der Waals surface area contributed by atoms with E-state index in [-0.39, 0.29) is 24.1 Å². The number of nitrogens with one attached hydrogen (secondary N) is 2. The number of thioether (sulfide) groups is 1. The number of hydrogen-bond acceptors (Lipinski definition) is 4. The van der Waals surface area contributed by atoms with Gasteiger partial charge in [0.05, 0.1) is 0 Å². The fraction of sp³-hybridized carbons (Fsp3) is 0.222. The van der Waals surface area contributed by atoms with Crippen LogP contribution in [-0.4, -0.2) is 31.7 Å². The molecule has 132 valence electrons. The van der Waals surface area contributed by atoms with E-state index in [0.717, 1.165) is 10.6 Å². The number of halogens is 1. The van der Waals surface area contributed by atoms with Gasteiger partial charge >= 0.3 is 0 Å². The SMILES string of the molecule is CN(C)c1cccc(C(=O)NNC(=O)CCSc2ccc(F)cc2)c1. The summed E-state index contributed by atoms with van der Waals surface area (Å²) in [5.41, 5.74) is 6.17. The average molecular weight is 361 g/mol. The summed E-state index contributed by atoms with van der Waals surface area (Å²) in [6, 6.07) is 13.2. The molecule has 2 aromatic carbocycles. The van der Waals surface area contributed by atoms with Crippen molar-refractivity contribution >= 4 is 29.3 Å². The maximum Gasteiger partial charge on any atom is 0.269 e. The van der Waals surface area contributed by atoms with Gasteiger partial charge in [0, 0.05) is 42.4 Å². The fourth-order valence-corrected chi connectivity index (χ4v) is 2.83. The van der Waals surface area contributed by atoms with Crippen LogP contribution in [0.4, 0.5) is 10.1 Å². The van der Waals surface area contributed by atoms with Gasteiger partial charge in [0.15, 0.2) is 0 Å². The van der Waals surface area contributed by atoms with Crippen LogP contribution in [0.15, 0.2) is 53.4 Å². The first-order chi connectivity index (χ1) is 12.0. The lowest BCUT2D eigenvalue weighted by Gasteiger charge is -2.13. The predicted octanol–water partition coefficient (Wildman–Crippen LogP) is 2.84. The van der Waals surface area contributed by atoms with E-state index in [9.17, 15) is 14.0 Å². The van der Waals surface area contributed by atoms with Gasteiger partial charge in [-0.3, -0.25) is 20.4 Å². The molecular weight excluding hydrogens is 341 g/mol. The number of amides is 2. The Morgan fingerprint density at radius 3 is 2.48 bits per heavy atom. The van der Waals surface area contributed by atoms with E-state index in [1.807, 2.05) is 25.1 Å². The zero-order valence-electron chi connectivity index (χ0n) is 14.1. The molecule has 0 heterocycles. The quantitative estimate of drug-likeness (QED) is 0.614. The number of carbonyl (C=O) groups is 2. The highest BCUT2D eigenvalue weighted by Crippen LogP contribution is 2.18. The highest BCUT2D eigenvalue weighted by molar-refractivity contribution is 7.99. The number of benzene rings is 2. The van der Waals surface area contributed by atoms with Gasteiger partial charge in [0.2, 0.25) is 5.91 Å². The third-order valence-electron chi connectivity index (χ3n) is 3.35. The summed E-state index contributed by atoms with van der Waals surface area (Å²) in [6.45, 7) is 0. The highest BCUT2D eigenvalue weighted by Gasteiger charge is 2.09. The normalized spacial score (nSPS) is 10.2. The third kappa shape index (κ3) is 6.11. The van der Waals surface area contributed by atoms with Gasteiger partial charge in [-0.25, -0.2) is 4.39 Å². The third-order valence-corrected chi connectivity index (χ3v) is 4.37. The van der Waals surface area contributed by atoms with E-state index in [0.29, 0.717) is 11.3 Å². The van der Waals surface area contributed by atoms with Gasteiger partial charge < -0.3 is 4.90 Å². The molecule has 0 spiro atoms. The van der Waals surface area contributed by atoms with Gasteiger partial charge in [-0.2, -0.15) is 0 Å². The average Bonchev–Trinajstić information content (AvgIpc) is 2.61. The zero-order chi connectivity index (χ0) is 18.2. The second-order valence-electron chi connectivity index (χ2n) is 5.50. The van der Waals surface area contributed by atoms with Crippen LogP contribution >= 0.6 is 11.8 Å². The summed E-state index contributed by atoms with van der Waals surface area (Å²) in [5.74, 6) is -0.415. The molecule has 0 radical (unpaired) electrons. The minimum atomic E-state index is -0.372. The molecule has 25 heavy (non-hydrogen) atoms. The molecule has 5 nitrogen and oxygen atoms in total. The Hall–Kier alpha value is -2.54. The van der Waals surface area contributed by atoms with Crippen LogP contribution in [-0.2, 0) is 4.79 Å². The standard InChI is InChI=1S/C18H20FN3O2S/c1-22(2)15-5-3-4-13(12-15)18(24)21-20-17(23)10-11-25-16-8-6-14(19)7-9-16/h3-9,12H,10-11H2,1-2H3,(H,20,23)(H,21,24). The van der Waals surface area contributed by atoms with Crippen molar-refractivity contribution in [3.05, 3.63) is 59.9 Å². The van der Waals surface area contributed by atoms with Crippen molar-refractivity contribution in [1.82, 2.24) is 10.9 Å². The van der Waals surface area contributed by atoms with Crippen molar-refractivity contribution in [2.24, 2.45) is 0 Å². The highest BCUT2D eigenvalue weighted by atomic mass is 32.2. The molecule has 0 saturated heterocycles. The van der Waals surface area contributed by atoms with E-state index in [1.54, 1.807) is 30.3 Å². The molecule has 2 amide bonds. The Bertz CT molecular complexity index is 735.